The summed E-state index contributed by atoms with van der Waals surface area (Å²) in [7, 11) is 1.75. The normalized spacial score (nSPS) is 17.6. The number of ether oxygens (including phenoxy) is 1. The molecule has 4 heteroatoms. The Morgan fingerprint density at radius 1 is 1.17 bits per heavy atom. The minimum absolute atomic E-state index is 0.326. The number of methoxy groups -OCH3 is 1. The molecule has 1 saturated heterocycles. The summed E-state index contributed by atoms with van der Waals surface area (Å²) in [6.45, 7) is 5.90. The van der Waals surface area contributed by atoms with Gasteiger partial charge in [0.25, 0.3) is 0 Å². The van der Waals surface area contributed by atoms with Crippen LogP contribution in [0.15, 0.2) is 24.3 Å². The van der Waals surface area contributed by atoms with Gasteiger partial charge in [0.05, 0.1) is 0 Å². The van der Waals surface area contributed by atoms with Gasteiger partial charge < -0.3 is 0 Å². The van der Waals surface area contributed by atoms with Crippen molar-refractivity contribution in [1.82, 2.24) is 4.90 Å². The van der Waals surface area contributed by atoms with Crippen LogP contribution in [-0.2, 0) is 0 Å². The molecule has 18 heavy (non-hydrogen) atoms. The van der Waals surface area contributed by atoms with Crippen LogP contribution < -0.4 is 9.64 Å². The Hall–Kier alpha value is -0.662. The van der Waals surface area contributed by atoms with Gasteiger partial charge in [0.1, 0.15) is 0 Å². The summed E-state index contributed by atoms with van der Waals surface area (Å²) >= 11 is 0.326. The van der Waals surface area contributed by atoms with E-state index >= 15 is 0 Å². The van der Waals surface area contributed by atoms with Crippen LogP contribution in [0.4, 0.5) is 5.69 Å². The van der Waals surface area contributed by atoms with Crippen molar-refractivity contribution < 1.29 is 4.74 Å². The molecule has 1 aliphatic rings. The molecule has 0 amide bonds. The van der Waals surface area contributed by atoms with E-state index in [-0.39, 0.29) is 0 Å². The first-order valence-electron chi connectivity index (χ1n) is 6.60. The molecule has 0 spiro atoms. The Morgan fingerprint density at radius 3 is 2.56 bits per heavy atom. The van der Waals surface area contributed by atoms with Gasteiger partial charge in [-0.1, -0.05) is 0 Å². The Bertz CT molecular complexity index is 365. The van der Waals surface area contributed by atoms with Crippen LogP contribution in [0.2, 0.25) is 10.9 Å². The van der Waals surface area contributed by atoms with Crippen LogP contribution in [0.5, 0.6) is 5.75 Å². The summed E-state index contributed by atoms with van der Waals surface area (Å²) < 4.78 is 5.44. The summed E-state index contributed by atoms with van der Waals surface area (Å²) in [4.78, 5) is 5.04. The van der Waals surface area contributed by atoms with Gasteiger partial charge >= 0.3 is 117 Å². The van der Waals surface area contributed by atoms with Gasteiger partial charge in [0.15, 0.2) is 0 Å². The van der Waals surface area contributed by atoms with Crippen LogP contribution in [-0.4, -0.2) is 60.5 Å². The molecule has 0 aliphatic carbocycles. The average Bonchev–Trinajstić information content (AvgIpc) is 2.45. The molecule has 0 N–H and O–H groups in total. The number of rotatable bonds is 5. The zero-order valence-electron chi connectivity index (χ0n) is 11.4. The van der Waals surface area contributed by atoms with Crippen molar-refractivity contribution in [2.24, 2.45) is 0 Å². The summed E-state index contributed by atoms with van der Waals surface area (Å²) in [6.07, 6.45) is 0. The molecule has 0 aromatic heterocycles. The number of para-hydroxylation sites is 2. The van der Waals surface area contributed by atoms with E-state index in [9.17, 15) is 0 Å². The van der Waals surface area contributed by atoms with E-state index in [1.807, 2.05) is 12.1 Å². The Morgan fingerprint density at radius 2 is 1.89 bits per heavy atom. The van der Waals surface area contributed by atoms with Crippen molar-refractivity contribution in [2.45, 2.75) is 10.9 Å². The zero-order chi connectivity index (χ0) is 12.8. The predicted octanol–water partition coefficient (Wildman–Crippen LogP) is 1.72. The van der Waals surface area contributed by atoms with E-state index < -0.39 is 0 Å². The quantitative estimate of drug-likeness (QED) is 0.770. The van der Waals surface area contributed by atoms with Crippen LogP contribution in [0.3, 0.4) is 0 Å². The van der Waals surface area contributed by atoms with Gasteiger partial charge in [0.2, 0.25) is 0 Å². The topological polar surface area (TPSA) is 15.7 Å². The monoisotopic (exact) mass is 310 g/mol. The molecule has 0 bridgehead atoms. The summed E-state index contributed by atoms with van der Waals surface area (Å²) in [5.74, 6) is 0.992. The van der Waals surface area contributed by atoms with Crippen molar-refractivity contribution in [3.63, 3.8) is 0 Å². The molecule has 1 unspecified atom stereocenters. The SMILES string of the molecule is COc1ccccc1N1CCN(CC[AsH]C)CC1. The first kappa shape index (κ1) is 13.8. The third kappa shape index (κ3) is 3.43. The van der Waals surface area contributed by atoms with Crippen molar-refractivity contribution in [2.75, 3.05) is 44.7 Å². The van der Waals surface area contributed by atoms with E-state index in [4.69, 9.17) is 4.74 Å². The maximum absolute atomic E-state index is 5.44. The fourth-order valence-electron chi connectivity index (χ4n) is 2.37. The molecule has 0 saturated carbocycles. The van der Waals surface area contributed by atoms with Crippen LogP contribution >= 0.6 is 0 Å². The molecular weight excluding hydrogens is 287 g/mol. The molecule has 2 rings (SSSR count). The van der Waals surface area contributed by atoms with Crippen molar-refractivity contribution >= 4 is 21.4 Å². The predicted molar refractivity (Wildman–Crippen MR) is 79.5 cm³/mol. The Balaban J connectivity index is 1.92. The van der Waals surface area contributed by atoms with Gasteiger partial charge in [-0.15, -0.1) is 0 Å². The average molecular weight is 310 g/mol. The molecule has 1 heterocycles. The maximum atomic E-state index is 5.44. The van der Waals surface area contributed by atoms with Gasteiger partial charge in [-0.05, 0) is 0 Å². The number of piperazine rings is 1. The van der Waals surface area contributed by atoms with Crippen LogP contribution in [0.1, 0.15) is 0 Å². The molecule has 1 aromatic rings. The third-order valence-corrected chi connectivity index (χ3v) is 4.99. The van der Waals surface area contributed by atoms with E-state index in [2.05, 4.69) is 27.6 Å². The van der Waals surface area contributed by atoms with Gasteiger partial charge in [0, 0.05) is 0 Å². The van der Waals surface area contributed by atoms with Crippen LogP contribution in [0, 0.1) is 0 Å². The molecule has 1 atom stereocenters. The van der Waals surface area contributed by atoms with E-state index in [1.165, 1.54) is 30.5 Å². The number of hydrogen-bond donors (Lipinski definition) is 0. The second kappa shape index (κ2) is 7.06. The second-order valence-electron chi connectivity index (χ2n) is 4.60. The van der Waals surface area contributed by atoms with E-state index in [1.54, 1.807) is 7.11 Å². The van der Waals surface area contributed by atoms with Crippen molar-refractivity contribution in [3.8, 4) is 5.75 Å². The van der Waals surface area contributed by atoms with Gasteiger partial charge in [-0.25, -0.2) is 0 Å². The molecule has 0 radical (unpaired) electrons. The summed E-state index contributed by atoms with van der Waals surface area (Å²) in [5.41, 5.74) is 3.62. The van der Waals surface area contributed by atoms with Gasteiger partial charge in [-0.2, -0.15) is 0 Å². The number of anilines is 1. The zero-order valence-corrected chi connectivity index (χ0v) is 13.5. The molecule has 1 aliphatic heterocycles. The molecular formula is C14H23AsN2O. The first-order chi connectivity index (χ1) is 8.85. The van der Waals surface area contributed by atoms with E-state index in [0.717, 1.165) is 18.8 Å². The molecule has 1 aromatic carbocycles. The standard InChI is InChI=1S/C14H23AsN2O/c1-15-7-8-16-9-11-17(12-10-16)13-5-3-4-6-14(13)18-2/h3-6,15H,7-12H2,1-2H3. The fraction of sp³-hybridized carbons (Fsp3) is 0.571. The Kier molecular flexibility index (Phi) is 5.40. The van der Waals surface area contributed by atoms with E-state index in [0.29, 0.717) is 15.8 Å². The molecule has 1 fully saturated rings. The van der Waals surface area contributed by atoms with Crippen molar-refractivity contribution in [1.29, 1.82) is 0 Å². The molecule has 3 nitrogen and oxygen atoms in total. The number of benzene rings is 1. The summed E-state index contributed by atoms with van der Waals surface area (Å²) in [6, 6.07) is 8.33. The minimum atomic E-state index is 0.326. The number of hydrogen-bond acceptors (Lipinski definition) is 3. The van der Waals surface area contributed by atoms with Gasteiger partial charge in [-0.3, -0.25) is 0 Å². The summed E-state index contributed by atoms with van der Waals surface area (Å²) in [5, 5.41) is 1.44. The second-order valence-corrected chi connectivity index (χ2v) is 7.14. The van der Waals surface area contributed by atoms with Crippen molar-refractivity contribution in [3.05, 3.63) is 24.3 Å². The Labute approximate surface area is 117 Å². The molecule has 100 valence electrons. The fourth-order valence-corrected chi connectivity index (χ4v) is 3.51. The third-order valence-electron chi connectivity index (χ3n) is 3.48. The van der Waals surface area contributed by atoms with Crippen LogP contribution in [0.25, 0.3) is 0 Å². The first-order valence-corrected chi connectivity index (χ1v) is 10.2. The number of nitrogens with zero attached hydrogens (tertiary/aromatic N) is 2.